The van der Waals surface area contributed by atoms with Gasteiger partial charge in [-0.1, -0.05) is 60.7 Å². The molecule has 1 saturated heterocycles. The normalized spacial score (nSPS) is 23.8. The number of carbonyl (C=O) groups excluding carboxylic acids is 1. The van der Waals surface area contributed by atoms with Gasteiger partial charge in [-0.05, 0) is 24.0 Å². The molecule has 0 saturated carbocycles. The number of aryl methyl sites for hydroxylation is 1. The summed E-state index contributed by atoms with van der Waals surface area (Å²) in [5.41, 5.74) is 2.21. The van der Waals surface area contributed by atoms with Crippen LogP contribution in [0.2, 0.25) is 0 Å². The fraction of sp³-hybridized carbons (Fsp3) is 0.263. The molecule has 0 amide bonds. The van der Waals surface area contributed by atoms with Crippen molar-refractivity contribution in [2.24, 2.45) is 5.92 Å². The Kier molecular flexibility index (Phi) is 4.20. The number of nitriles is 1. The minimum Gasteiger partial charge on any atom is -0.461 e. The van der Waals surface area contributed by atoms with Crippen molar-refractivity contribution in [1.29, 1.82) is 5.26 Å². The van der Waals surface area contributed by atoms with Crippen molar-refractivity contribution in [3.05, 3.63) is 71.8 Å². The molecule has 3 atom stereocenters. The first-order chi connectivity index (χ1) is 10.8. The fourth-order valence-corrected chi connectivity index (χ4v) is 3.06. The van der Waals surface area contributed by atoms with Crippen LogP contribution in [-0.2, 0) is 16.0 Å². The summed E-state index contributed by atoms with van der Waals surface area (Å²) in [6, 6.07) is 22.0. The molecule has 1 fully saturated rings. The van der Waals surface area contributed by atoms with Crippen LogP contribution in [0.1, 0.15) is 23.5 Å². The number of cyclic esters (lactones) is 1. The highest BCUT2D eigenvalue weighted by Gasteiger charge is 2.45. The minimum atomic E-state index is -0.705. The Morgan fingerprint density at radius 3 is 2.27 bits per heavy atom. The van der Waals surface area contributed by atoms with Crippen LogP contribution in [0.25, 0.3) is 0 Å². The lowest BCUT2D eigenvalue weighted by Crippen LogP contribution is -2.19. The number of hydrogen-bond donors (Lipinski definition) is 0. The van der Waals surface area contributed by atoms with Gasteiger partial charge < -0.3 is 4.74 Å². The topological polar surface area (TPSA) is 50.1 Å². The van der Waals surface area contributed by atoms with Crippen molar-refractivity contribution in [1.82, 2.24) is 0 Å². The van der Waals surface area contributed by atoms with Gasteiger partial charge in [-0.15, -0.1) is 0 Å². The van der Waals surface area contributed by atoms with Gasteiger partial charge in [0.25, 0.3) is 0 Å². The molecule has 0 aromatic heterocycles. The highest BCUT2D eigenvalue weighted by molar-refractivity contribution is 5.79. The smallest absolute Gasteiger partial charge is 0.324 e. The maximum absolute atomic E-state index is 12.0. The number of rotatable bonds is 4. The summed E-state index contributed by atoms with van der Waals surface area (Å²) in [5.74, 6) is -1.28. The minimum absolute atomic E-state index is 0.178. The zero-order valence-corrected chi connectivity index (χ0v) is 12.2. The molecular formula is C19H17NO2. The van der Waals surface area contributed by atoms with Crippen molar-refractivity contribution in [2.45, 2.75) is 24.9 Å². The molecule has 1 heterocycles. The van der Waals surface area contributed by atoms with E-state index in [1.54, 1.807) is 0 Å². The number of ether oxygens (including phenoxy) is 1. The zero-order chi connectivity index (χ0) is 15.4. The first kappa shape index (κ1) is 14.3. The molecule has 22 heavy (non-hydrogen) atoms. The molecule has 3 rings (SSSR count). The van der Waals surface area contributed by atoms with Crippen molar-refractivity contribution in [3.8, 4) is 6.07 Å². The van der Waals surface area contributed by atoms with Gasteiger partial charge in [0.05, 0.1) is 6.07 Å². The standard InChI is InChI=1S/C19H17NO2/c20-13-16-18(15-9-5-2-6-10-15)17(22-19(16)21)12-11-14-7-3-1-4-8-14/h1-10,16-18H,11-12H2/t16-,17+,18-/m0/s1. The largest absolute Gasteiger partial charge is 0.461 e. The van der Waals surface area contributed by atoms with Gasteiger partial charge >= 0.3 is 5.97 Å². The Hall–Kier alpha value is -2.60. The number of benzene rings is 2. The number of carbonyl (C=O) groups is 1. The first-order valence-corrected chi connectivity index (χ1v) is 7.48. The van der Waals surface area contributed by atoms with Crippen LogP contribution in [0, 0.1) is 17.2 Å². The SMILES string of the molecule is N#C[C@@H]1C(=O)O[C@H](CCc2ccccc2)[C@H]1c1ccccc1. The summed E-state index contributed by atoms with van der Waals surface area (Å²) in [6.45, 7) is 0. The second kappa shape index (κ2) is 6.44. The summed E-state index contributed by atoms with van der Waals surface area (Å²) in [4.78, 5) is 12.0. The number of hydrogen-bond acceptors (Lipinski definition) is 3. The van der Waals surface area contributed by atoms with Gasteiger partial charge in [0, 0.05) is 5.92 Å². The third-order valence-electron chi connectivity index (χ3n) is 4.17. The molecule has 0 bridgehead atoms. The van der Waals surface area contributed by atoms with E-state index in [0.29, 0.717) is 0 Å². The maximum atomic E-state index is 12.0. The second-order valence-electron chi connectivity index (χ2n) is 5.54. The molecule has 3 heteroatoms. The molecular weight excluding hydrogens is 274 g/mol. The van der Waals surface area contributed by atoms with Crippen LogP contribution >= 0.6 is 0 Å². The van der Waals surface area contributed by atoms with Crippen molar-refractivity contribution in [2.75, 3.05) is 0 Å². The van der Waals surface area contributed by atoms with E-state index in [2.05, 4.69) is 18.2 Å². The van der Waals surface area contributed by atoms with Crippen molar-refractivity contribution < 1.29 is 9.53 Å². The van der Waals surface area contributed by atoms with Gasteiger partial charge in [-0.3, -0.25) is 4.79 Å². The van der Waals surface area contributed by atoms with Crippen LogP contribution in [0.15, 0.2) is 60.7 Å². The van der Waals surface area contributed by atoms with Crippen LogP contribution < -0.4 is 0 Å². The molecule has 110 valence electrons. The van der Waals surface area contributed by atoms with Crippen LogP contribution in [0.3, 0.4) is 0 Å². The molecule has 2 aromatic rings. The second-order valence-corrected chi connectivity index (χ2v) is 5.54. The van der Waals surface area contributed by atoms with Gasteiger partial charge in [0.2, 0.25) is 0 Å². The summed E-state index contributed by atoms with van der Waals surface area (Å²) < 4.78 is 5.49. The highest BCUT2D eigenvalue weighted by Crippen LogP contribution is 2.38. The lowest BCUT2D eigenvalue weighted by atomic mass is 9.83. The Labute approximate surface area is 130 Å². The molecule has 0 radical (unpaired) electrons. The zero-order valence-electron chi connectivity index (χ0n) is 12.2. The lowest BCUT2D eigenvalue weighted by molar-refractivity contribution is -0.143. The van der Waals surface area contributed by atoms with Crippen molar-refractivity contribution >= 4 is 5.97 Å². The molecule has 3 nitrogen and oxygen atoms in total. The van der Waals surface area contributed by atoms with Crippen LogP contribution in [0.5, 0.6) is 0 Å². The Morgan fingerprint density at radius 1 is 1.00 bits per heavy atom. The Bertz CT molecular complexity index is 676. The molecule has 0 spiro atoms. The fourth-order valence-electron chi connectivity index (χ4n) is 3.06. The van der Waals surface area contributed by atoms with Gasteiger partial charge in [0.1, 0.15) is 6.10 Å². The van der Waals surface area contributed by atoms with E-state index < -0.39 is 11.9 Å². The van der Waals surface area contributed by atoms with E-state index in [9.17, 15) is 10.1 Å². The van der Waals surface area contributed by atoms with Gasteiger partial charge in [-0.25, -0.2) is 0 Å². The predicted octanol–water partition coefficient (Wildman–Crippen LogP) is 3.47. The molecule has 2 aromatic carbocycles. The van der Waals surface area contributed by atoms with E-state index in [0.717, 1.165) is 18.4 Å². The van der Waals surface area contributed by atoms with E-state index >= 15 is 0 Å². The summed E-state index contributed by atoms with van der Waals surface area (Å²) >= 11 is 0. The quantitative estimate of drug-likeness (QED) is 0.810. The molecule has 0 N–H and O–H groups in total. The van der Waals surface area contributed by atoms with Crippen molar-refractivity contribution in [3.63, 3.8) is 0 Å². The predicted molar refractivity (Wildman–Crippen MR) is 82.9 cm³/mol. The summed E-state index contributed by atoms with van der Waals surface area (Å²) in [5, 5.41) is 9.32. The first-order valence-electron chi connectivity index (χ1n) is 7.48. The molecule has 0 unspecified atom stereocenters. The van der Waals surface area contributed by atoms with Crippen LogP contribution in [0.4, 0.5) is 0 Å². The van der Waals surface area contributed by atoms with E-state index in [1.165, 1.54) is 5.56 Å². The number of esters is 1. The van der Waals surface area contributed by atoms with E-state index in [1.807, 2.05) is 48.5 Å². The van der Waals surface area contributed by atoms with Gasteiger partial charge in [0.15, 0.2) is 5.92 Å². The van der Waals surface area contributed by atoms with E-state index in [4.69, 9.17) is 4.74 Å². The lowest BCUT2D eigenvalue weighted by Gasteiger charge is -2.19. The number of nitrogens with zero attached hydrogens (tertiary/aromatic N) is 1. The average molecular weight is 291 g/mol. The molecule has 1 aliphatic rings. The van der Waals surface area contributed by atoms with Gasteiger partial charge in [-0.2, -0.15) is 5.26 Å². The van der Waals surface area contributed by atoms with Crippen LogP contribution in [-0.4, -0.2) is 12.1 Å². The Morgan fingerprint density at radius 2 is 1.64 bits per heavy atom. The maximum Gasteiger partial charge on any atom is 0.324 e. The third kappa shape index (κ3) is 2.87. The summed E-state index contributed by atoms with van der Waals surface area (Å²) in [7, 11) is 0. The Balaban J connectivity index is 1.80. The third-order valence-corrected chi connectivity index (χ3v) is 4.17. The summed E-state index contributed by atoms with van der Waals surface area (Å²) in [6.07, 6.45) is 1.33. The highest BCUT2D eigenvalue weighted by atomic mass is 16.6. The van der Waals surface area contributed by atoms with E-state index in [-0.39, 0.29) is 12.0 Å². The average Bonchev–Trinajstić information content (AvgIpc) is 2.90. The molecule has 1 aliphatic heterocycles. The molecule has 0 aliphatic carbocycles. The monoisotopic (exact) mass is 291 g/mol.